The van der Waals surface area contributed by atoms with Gasteiger partial charge in [-0.15, -0.1) is 11.8 Å². The quantitative estimate of drug-likeness (QED) is 0.693. The van der Waals surface area contributed by atoms with Crippen molar-refractivity contribution in [3.8, 4) is 0 Å². The maximum absolute atomic E-state index is 13.8. The van der Waals surface area contributed by atoms with Crippen molar-refractivity contribution in [2.24, 2.45) is 5.92 Å². The average Bonchev–Trinajstić information content (AvgIpc) is 2.81. The van der Waals surface area contributed by atoms with Gasteiger partial charge in [0.2, 0.25) is 11.8 Å². The highest BCUT2D eigenvalue weighted by molar-refractivity contribution is 7.99. The number of carbonyl (C=O) groups is 2. The van der Waals surface area contributed by atoms with E-state index in [1.54, 1.807) is 24.4 Å². The van der Waals surface area contributed by atoms with Crippen LogP contribution in [0.1, 0.15) is 18.9 Å². The highest BCUT2D eigenvalue weighted by atomic mass is 32.2. The van der Waals surface area contributed by atoms with Crippen molar-refractivity contribution in [1.29, 1.82) is 0 Å². The Morgan fingerprint density at radius 3 is 2.59 bits per heavy atom. The Hall–Kier alpha value is -2.65. The second kappa shape index (κ2) is 10.3. The van der Waals surface area contributed by atoms with E-state index in [1.807, 2.05) is 30.0 Å². The molecule has 2 N–H and O–H groups in total. The van der Waals surface area contributed by atoms with Gasteiger partial charge in [-0.1, -0.05) is 24.3 Å². The fraction of sp³-hybridized carbons (Fsp3) is 0.435. The summed E-state index contributed by atoms with van der Waals surface area (Å²) >= 11 is 1.43. The lowest BCUT2D eigenvalue weighted by molar-refractivity contribution is -0.138. The van der Waals surface area contributed by atoms with E-state index in [2.05, 4.69) is 20.5 Å². The molecule has 0 aliphatic carbocycles. The topological polar surface area (TPSA) is 77.6 Å². The number of rotatable bonds is 6. The molecule has 2 saturated heterocycles. The van der Waals surface area contributed by atoms with Gasteiger partial charge >= 0.3 is 0 Å². The molecular weight excluding hydrogens is 429 g/mol. The smallest absolute Gasteiger partial charge is 0.227 e. The molecule has 2 fully saturated rings. The van der Waals surface area contributed by atoms with E-state index in [1.165, 1.54) is 17.8 Å². The van der Waals surface area contributed by atoms with Crippen LogP contribution in [0.15, 0.2) is 48.7 Å². The Balaban J connectivity index is 1.25. The van der Waals surface area contributed by atoms with Gasteiger partial charge in [0, 0.05) is 50.6 Å². The average molecular weight is 458 g/mol. The van der Waals surface area contributed by atoms with Gasteiger partial charge in [-0.2, -0.15) is 0 Å². The zero-order valence-corrected chi connectivity index (χ0v) is 18.9. The molecule has 0 saturated carbocycles. The number of carbonyl (C=O) groups excluding carboxylic acids is 2. The van der Waals surface area contributed by atoms with Crippen LogP contribution in [-0.4, -0.2) is 59.4 Å². The van der Waals surface area contributed by atoms with Crippen LogP contribution in [0.4, 0.5) is 10.2 Å². The van der Waals surface area contributed by atoms with Crippen molar-refractivity contribution in [3.05, 3.63) is 60.0 Å². The Morgan fingerprint density at radius 2 is 1.91 bits per heavy atom. The van der Waals surface area contributed by atoms with E-state index in [-0.39, 0.29) is 35.6 Å². The molecule has 2 aliphatic rings. The second-order valence-electron chi connectivity index (χ2n) is 8.11. The zero-order valence-electron chi connectivity index (χ0n) is 18.0. The van der Waals surface area contributed by atoms with Crippen molar-refractivity contribution in [2.75, 3.05) is 31.1 Å². The summed E-state index contributed by atoms with van der Waals surface area (Å²) in [7, 11) is 0. The molecule has 3 unspecified atom stereocenters. The van der Waals surface area contributed by atoms with Crippen molar-refractivity contribution in [3.63, 3.8) is 0 Å². The lowest BCUT2D eigenvalue weighted by Gasteiger charge is -2.38. The van der Waals surface area contributed by atoms with E-state index >= 15 is 0 Å². The number of halogens is 1. The number of benzene rings is 1. The van der Waals surface area contributed by atoms with Gasteiger partial charge < -0.3 is 15.1 Å². The molecule has 0 radical (unpaired) electrons. The van der Waals surface area contributed by atoms with Gasteiger partial charge in [-0.3, -0.25) is 14.9 Å². The maximum Gasteiger partial charge on any atom is 0.227 e. The molecule has 32 heavy (non-hydrogen) atoms. The Labute approximate surface area is 191 Å². The highest BCUT2D eigenvalue weighted by Crippen LogP contribution is 2.24. The zero-order chi connectivity index (χ0) is 22.5. The molecule has 3 atom stereocenters. The summed E-state index contributed by atoms with van der Waals surface area (Å²) in [6.07, 6.45) is 1.94. The summed E-state index contributed by atoms with van der Waals surface area (Å²) in [5.74, 6) is 0.549. The van der Waals surface area contributed by atoms with Crippen LogP contribution in [0.2, 0.25) is 0 Å². The number of aromatic nitrogens is 1. The standard InChI is InChI=1S/C23H28FN5O2S/c1-16-18(22(31)27-23(26-16)32-15-17-6-2-3-7-19(17)24)14-21(30)29-12-10-28(11-13-29)20-8-4-5-9-25-20/h2-9,16,18,23,26H,10-15H2,1H3,(H,27,31). The van der Waals surface area contributed by atoms with Crippen LogP contribution in [0.3, 0.4) is 0 Å². The van der Waals surface area contributed by atoms with E-state index < -0.39 is 5.92 Å². The van der Waals surface area contributed by atoms with Gasteiger partial charge in [-0.25, -0.2) is 9.37 Å². The highest BCUT2D eigenvalue weighted by Gasteiger charge is 2.36. The SMILES string of the molecule is CC1NC(SCc2ccccc2F)NC(=O)C1CC(=O)N1CCN(c2ccccn2)CC1. The van der Waals surface area contributed by atoms with Crippen molar-refractivity contribution in [2.45, 2.75) is 30.6 Å². The van der Waals surface area contributed by atoms with E-state index in [4.69, 9.17) is 0 Å². The monoisotopic (exact) mass is 457 g/mol. The molecular formula is C23H28FN5O2S. The van der Waals surface area contributed by atoms with Crippen molar-refractivity contribution >= 4 is 29.4 Å². The van der Waals surface area contributed by atoms with Gasteiger partial charge in [0.25, 0.3) is 0 Å². The molecule has 2 amide bonds. The first kappa shape index (κ1) is 22.5. The van der Waals surface area contributed by atoms with E-state index in [0.717, 1.165) is 18.9 Å². The Morgan fingerprint density at radius 1 is 1.16 bits per heavy atom. The molecule has 7 nitrogen and oxygen atoms in total. The minimum Gasteiger partial charge on any atom is -0.353 e. The van der Waals surface area contributed by atoms with Gasteiger partial charge in [0.15, 0.2) is 0 Å². The van der Waals surface area contributed by atoms with Crippen molar-refractivity contribution in [1.82, 2.24) is 20.5 Å². The molecule has 9 heteroatoms. The van der Waals surface area contributed by atoms with Crippen LogP contribution >= 0.6 is 11.8 Å². The van der Waals surface area contributed by atoms with Gasteiger partial charge in [0.1, 0.15) is 17.1 Å². The largest absolute Gasteiger partial charge is 0.353 e. The third-order valence-corrected chi connectivity index (χ3v) is 7.06. The Bertz CT molecular complexity index is 939. The molecule has 170 valence electrons. The molecule has 2 aliphatic heterocycles. The number of nitrogens with zero attached hydrogens (tertiary/aromatic N) is 3. The first-order valence-electron chi connectivity index (χ1n) is 10.9. The maximum atomic E-state index is 13.8. The van der Waals surface area contributed by atoms with E-state index in [9.17, 15) is 14.0 Å². The molecule has 1 aromatic heterocycles. The third-order valence-electron chi connectivity index (χ3n) is 5.99. The fourth-order valence-corrected chi connectivity index (χ4v) is 5.14. The number of pyridine rings is 1. The first-order valence-corrected chi connectivity index (χ1v) is 11.9. The minimum absolute atomic E-state index is 0.00284. The molecule has 0 spiro atoms. The summed E-state index contributed by atoms with van der Waals surface area (Å²) in [5, 5.41) is 6.27. The van der Waals surface area contributed by atoms with Crippen LogP contribution in [0.25, 0.3) is 0 Å². The normalized spacial score (nSPS) is 23.7. The number of amides is 2. The molecule has 0 bridgehead atoms. The number of anilines is 1. The van der Waals surface area contributed by atoms with Gasteiger partial charge in [0.05, 0.1) is 5.92 Å². The second-order valence-corrected chi connectivity index (χ2v) is 9.21. The van der Waals surface area contributed by atoms with Crippen LogP contribution in [-0.2, 0) is 15.3 Å². The lowest BCUT2D eigenvalue weighted by atomic mass is 9.94. The number of hydrogen-bond donors (Lipinski definition) is 2. The molecule has 2 aromatic rings. The van der Waals surface area contributed by atoms with Gasteiger partial charge in [-0.05, 0) is 30.7 Å². The Kier molecular flexibility index (Phi) is 7.26. The predicted octanol–water partition coefficient (Wildman–Crippen LogP) is 2.20. The summed E-state index contributed by atoms with van der Waals surface area (Å²) in [6.45, 7) is 4.61. The molecule has 4 rings (SSSR count). The number of piperazine rings is 1. The van der Waals surface area contributed by atoms with Crippen molar-refractivity contribution < 1.29 is 14.0 Å². The van der Waals surface area contributed by atoms with E-state index in [0.29, 0.717) is 24.4 Å². The summed E-state index contributed by atoms with van der Waals surface area (Å²) in [4.78, 5) is 34.0. The number of hydrogen-bond acceptors (Lipinski definition) is 6. The summed E-state index contributed by atoms with van der Waals surface area (Å²) in [5.41, 5.74) is 0.286. The number of nitrogens with one attached hydrogen (secondary N) is 2. The number of thioether (sulfide) groups is 1. The molecule has 3 heterocycles. The summed E-state index contributed by atoms with van der Waals surface area (Å²) < 4.78 is 13.8. The first-order chi connectivity index (χ1) is 15.5. The summed E-state index contributed by atoms with van der Waals surface area (Å²) in [6, 6.07) is 12.3. The predicted molar refractivity (Wildman–Crippen MR) is 123 cm³/mol. The van der Waals surface area contributed by atoms with Crippen LogP contribution < -0.4 is 15.5 Å². The van der Waals surface area contributed by atoms with Crippen LogP contribution in [0, 0.1) is 11.7 Å². The lowest BCUT2D eigenvalue weighted by Crippen LogP contribution is -2.60. The minimum atomic E-state index is -0.429. The third kappa shape index (κ3) is 5.39. The van der Waals surface area contributed by atoms with Crippen LogP contribution in [0.5, 0.6) is 0 Å². The molecule has 1 aromatic carbocycles. The fourth-order valence-electron chi connectivity index (χ4n) is 4.05.